The van der Waals surface area contributed by atoms with Crippen LogP contribution in [0, 0.1) is 5.82 Å². The first-order valence-corrected chi connectivity index (χ1v) is 8.40. The number of nitrogens with one attached hydrogen (secondary N) is 1. The molecule has 0 aliphatic carbocycles. The number of pyridine rings is 1. The Hall–Kier alpha value is -3.12. The minimum atomic E-state index is -0.655. The number of amides is 1. The van der Waals surface area contributed by atoms with E-state index in [1.807, 2.05) is 42.5 Å². The Bertz CT molecular complexity index is 1040. The molecule has 0 saturated heterocycles. The summed E-state index contributed by atoms with van der Waals surface area (Å²) in [5, 5.41) is 3.57. The molecule has 4 aromatic rings. The lowest BCUT2D eigenvalue weighted by Crippen LogP contribution is -2.14. The third-order valence-electron chi connectivity index (χ3n) is 3.72. The van der Waals surface area contributed by atoms with Gasteiger partial charge in [0.1, 0.15) is 5.01 Å². The summed E-state index contributed by atoms with van der Waals surface area (Å²) in [6.07, 6.45) is 2.41. The molecule has 25 heavy (non-hydrogen) atoms. The molecular weight excluding hydrogens is 337 g/mol. The lowest BCUT2D eigenvalue weighted by Gasteiger charge is -2.09. The number of carbonyl (C=O) groups is 1. The van der Waals surface area contributed by atoms with Crippen molar-refractivity contribution in [3.8, 4) is 10.6 Å². The Kier molecular flexibility index (Phi) is 3.95. The summed E-state index contributed by atoms with van der Waals surface area (Å²) in [5.41, 5.74) is 2.24. The highest BCUT2D eigenvalue weighted by molar-refractivity contribution is 7.21. The van der Waals surface area contributed by atoms with Crippen molar-refractivity contribution in [3.63, 3.8) is 0 Å². The maximum absolute atomic E-state index is 13.8. The Morgan fingerprint density at radius 2 is 1.84 bits per heavy atom. The van der Waals surface area contributed by atoms with Crippen LogP contribution in [0.2, 0.25) is 0 Å². The average molecular weight is 349 g/mol. The minimum Gasteiger partial charge on any atom is -0.321 e. The molecule has 122 valence electrons. The van der Waals surface area contributed by atoms with Crippen molar-refractivity contribution in [1.29, 1.82) is 0 Å². The van der Waals surface area contributed by atoms with E-state index in [2.05, 4.69) is 15.3 Å². The number of nitrogens with zero attached hydrogens (tertiary/aromatic N) is 2. The quantitative estimate of drug-likeness (QED) is 0.581. The Labute approximate surface area is 147 Å². The van der Waals surface area contributed by atoms with E-state index in [-0.39, 0.29) is 5.56 Å². The van der Waals surface area contributed by atoms with Crippen LogP contribution in [0.1, 0.15) is 10.4 Å². The highest BCUT2D eigenvalue weighted by Crippen LogP contribution is 2.34. The van der Waals surface area contributed by atoms with Crippen LogP contribution in [0.3, 0.4) is 0 Å². The number of para-hydroxylation sites is 2. The maximum Gasteiger partial charge on any atom is 0.258 e. The van der Waals surface area contributed by atoms with Crippen molar-refractivity contribution >= 4 is 33.1 Å². The number of hydrogen-bond acceptors (Lipinski definition) is 4. The summed E-state index contributed by atoms with van der Waals surface area (Å²) in [7, 11) is 0. The first-order chi connectivity index (χ1) is 12.2. The average Bonchev–Trinajstić information content (AvgIpc) is 3.06. The second-order valence-electron chi connectivity index (χ2n) is 5.34. The largest absolute Gasteiger partial charge is 0.321 e. The van der Waals surface area contributed by atoms with Crippen LogP contribution in [-0.2, 0) is 0 Å². The number of fused-ring (bicyclic) bond motifs is 1. The summed E-state index contributed by atoms with van der Waals surface area (Å²) in [6, 6.07) is 16.6. The molecule has 0 unspecified atom stereocenters. The SMILES string of the molecule is O=C(Nc1ccccc1-c1nc2ccccc2s1)c1ccncc1F. The normalized spacial score (nSPS) is 10.8. The van der Waals surface area contributed by atoms with E-state index in [9.17, 15) is 9.18 Å². The summed E-state index contributed by atoms with van der Waals surface area (Å²) in [4.78, 5) is 20.7. The number of aromatic nitrogens is 2. The fraction of sp³-hybridized carbons (Fsp3) is 0. The van der Waals surface area contributed by atoms with Gasteiger partial charge < -0.3 is 5.32 Å². The molecule has 1 amide bonds. The van der Waals surface area contributed by atoms with Crippen molar-refractivity contribution < 1.29 is 9.18 Å². The molecule has 0 bridgehead atoms. The van der Waals surface area contributed by atoms with Crippen molar-refractivity contribution in [2.75, 3.05) is 5.32 Å². The molecule has 0 spiro atoms. The molecule has 4 nitrogen and oxygen atoms in total. The molecule has 2 heterocycles. The predicted molar refractivity (Wildman–Crippen MR) is 97.2 cm³/mol. The van der Waals surface area contributed by atoms with Gasteiger partial charge in [0, 0.05) is 11.8 Å². The minimum absolute atomic E-state index is 0.0471. The third kappa shape index (κ3) is 2.99. The van der Waals surface area contributed by atoms with E-state index in [4.69, 9.17) is 0 Å². The number of anilines is 1. The predicted octanol–water partition coefficient (Wildman–Crippen LogP) is 4.75. The van der Waals surface area contributed by atoms with E-state index in [0.717, 1.165) is 27.0 Å². The van der Waals surface area contributed by atoms with E-state index in [0.29, 0.717) is 5.69 Å². The molecule has 1 N–H and O–H groups in total. The van der Waals surface area contributed by atoms with Gasteiger partial charge in [0.25, 0.3) is 5.91 Å². The van der Waals surface area contributed by atoms with Gasteiger partial charge in [-0.05, 0) is 30.3 Å². The number of carbonyl (C=O) groups excluding carboxylic acids is 1. The molecule has 6 heteroatoms. The number of hydrogen-bond donors (Lipinski definition) is 1. The molecule has 0 fully saturated rings. The number of rotatable bonds is 3. The zero-order valence-electron chi connectivity index (χ0n) is 12.9. The van der Waals surface area contributed by atoms with Gasteiger partial charge in [-0.2, -0.15) is 0 Å². The van der Waals surface area contributed by atoms with Gasteiger partial charge in [0.05, 0.1) is 27.7 Å². The molecule has 0 aliphatic rings. The Balaban J connectivity index is 1.72. The van der Waals surface area contributed by atoms with Gasteiger partial charge in [0.2, 0.25) is 0 Å². The van der Waals surface area contributed by atoms with Crippen molar-refractivity contribution in [2.24, 2.45) is 0 Å². The lowest BCUT2D eigenvalue weighted by molar-refractivity contribution is 0.102. The smallest absolute Gasteiger partial charge is 0.258 e. The van der Waals surface area contributed by atoms with Crippen LogP contribution in [0.25, 0.3) is 20.8 Å². The summed E-state index contributed by atoms with van der Waals surface area (Å²) in [6.45, 7) is 0. The Morgan fingerprint density at radius 1 is 1.04 bits per heavy atom. The van der Waals surface area contributed by atoms with Crippen molar-refractivity contribution in [2.45, 2.75) is 0 Å². The first-order valence-electron chi connectivity index (χ1n) is 7.58. The maximum atomic E-state index is 13.8. The van der Waals surface area contributed by atoms with E-state index in [1.165, 1.54) is 12.3 Å². The molecule has 0 aliphatic heterocycles. The van der Waals surface area contributed by atoms with Gasteiger partial charge >= 0.3 is 0 Å². The fourth-order valence-corrected chi connectivity index (χ4v) is 3.52. The van der Waals surface area contributed by atoms with E-state index in [1.54, 1.807) is 17.4 Å². The van der Waals surface area contributed by atoms with Gasteiger partial charge in [-0.1, -0.05) is 24.3 Å². The van der Waals surface area contributed by atoms with Crippen LogP contribution in [0.5, 0.6) is 0 Å². The first kappa shape index (κ1) is 15.4. The summed E-state index contributed by atoms with van der Waals surface area (Å²) < 4.78 is 14.8. The van der Waals surface area contributed by atoms with E-state index >= 15 is 0 Å². The summed E-state index contributed by atoms with van der Waals surface area (Å²) in [5.74, 6) is -1.18. The second-order valence-corrected chi connectivity index (χ2v) is 6.37. The molecule has 0 radical (unpaired) electrons. The van der Waals surface area contributed by atoms with Crippen LogP contribution in [0.4, 0.5) is 10.1 Å². The van der Waals surface area contributed by atoms with Gasteiger partial charge in [-0.15, -0.1) is 11.3 Å². The van der Waals surface area contributed by atoms with Crippen LogP contribution in [0.15, 0.2) is 67.0 Å². The van der Waals surface area contributed by atoms with Gasteiger partial charge in [0.15, 0.2) is 5.82 Å². The van der Waals surface area contributed by atoms with Crippen LogP contribution >= 0.6 is 11.3 Å². The summed E-state index contributed by atoms with van der Waals surface area (Å²) >= 11 is 1.54. The highest BCUT2D eigenvalue weighted by atomic mass is 32.1. The topological polar surface area (TPSA) is 54.9 Å². The monoisotopic (exact) mass is 349 g/mol. The third-order valence-corrected chi connectivity index (χ3v) is 4.79. The zero-order chi connectivity index (χ0) is 17.2. The van der Waals surface area contributed by atoms with Gasteiger partial charge in [-0.25, -0.2) is 9.37 Å². The number of thiazole rings is 1. The second kappa shape index (κ2) is 6.41. The van der Waals surface area contributed by atoms with Gasteiger partial charge in [-0.3, -0.25) is 9.78 Å². The molecule has 0 atom stereocenters. The van der Waals surface area contributed by atoms with Crippen molar-refractivity contribution in [1.82, 2.24) is 9.97 Å². The lowest BCUT2D eigenvalue weighted by atomic mass is 10.1. The fourth-order valence-electron chi connectivity index (χ4n) is 2.52. The Morgan fingerprint density at radius 3 is 2.68 bits per heavy atom. The highest BCUT2D eigenvalue weighted by Gasteiger charge is 2.15. The number of benzene rings is 2. The van der Waals surface area contributed by atoms with Crippen LogP contribution in [-0.4, -0.2) is 15.9 Å². The molecule has 4 rings (SSSR count). The van der Waals surface area contributed by atoms with Crippen molar-refractivity contribution in [3.05, 3.63) is 78.4 Å². The number of halogens is 1. The standard InChI is InChI=1S/C19H12FN3OS/c20-14-11-21-10-9-12(14)18(24)22-15-6-2-1-5-13(15)19-23-16-7-3-4-8-17(16)25-19/h1-11H,(H,22,24). The van der Waals surface area contributed by atoms with Crippen LogP contribution < -0.4 is 5.32 Å². The zero-order valence-corrected chi connectivity index (χ0v) is 13.8. The molecule has 2 aromatic carbocycles. The van der Waals surface area contributed by atoms with E-state index < -0.39 is 11.7 Å². The molecule has 0 saturated carbocycles. The molecule has 2 aromatic heterocycles. The molecular formula is C19H12FN3OS.